The van der Waals surface area contributed by atoms with E-state index in [9.17, 15) is 8.42 Å². The van der Waals surface area contributed by atoms with E-state index in [4.69, 9.17) is 35.0 Å². The highest BCUT2D eigenvalue weighted by molar-refractivity contribution is 7.90. The first kappa shape index (κ1) is 30.9. The Hall–Kier alpha value is -4.64. The summed E-state index contributed by atoms with van der Waals surface area (Å²) in [5.41, 5.74) is 8.22. The maximum atomic E-state index is 13.3. The van der Waals surface area contributed by atoms with Crippen LogP contribution in [-0.4, -0.2) is 65.8 Å². The molecule has 0 saturated heterocycles. The van der Waals surface area contributed by atoms with Crippen LogP contribution in [0.4, 0.5) is 11.4 Å². The molecule has 0 aromatic heterocycles. The third-order valence-electron chi connectivity index (χ3n) is 5.55. The minimum absolute atomic E-state index is 0.0978. The Bertz CT molecular complexity index is 1550. The molecule has 0 saturated carbocycles. The number of anilines is 1. The van der Waals surface area contributed by atoms with Gasteiger partial charge in [-0.05, 0) is 42.8 Å². The smallest absolute Gasteiger partial charge is 0.284 e. The first-order valence-electron chi connectivity index (χ1n) is 12.3. The van der Waals surface area contributed by atoms with Crippen molar-refractivity contribution in [2.24, 2.45) is 15.1 Å². The van der Waals surface area contributed by atoms with Crippen LogP contribution in [0.25, 0.3) is 0 Å². The van der Waals surface area contributed by atoms with Gasteiger partial charge in [-0.15, -0.1) is 4.40 Å². The zero-order valence-electron chi connectivity index (χ0n) is 22.8. The van der Waals surface area contributed by atoms with Gasteiger partial charge in [0.05, 0.1) is 50.6 Å². The van der Waals surface area contributed by atoms with E-state index in [1.54, 1.807) is 24.3 Å². The summed E-state index contributed by atoms with van der Waals surface area (Å²) in [5, 5.41) is 20.9. The van der Waals surface area contributed by atoms with E-state index in [1.807, 2.05) is 25.1 Å². The number of nitriles is 1. The summed E-state index contributed by atoms with van der Waals surface area (Å²) >= 11 is 0. The molecule has 12 nitrogen and oxygen atoms in total. The number of hydrogen-bond acceptors (Lipinski definition) is 9. The molecule has 0 amide bonds. The number of aryl methyl sites for hydroxylation is 1. The third kappa shape index (κ3) is 8.42. The molecule has 3 rings (SSSR count). The molecule has 0 radical (unpaired) electrons. The van der Waals surface area contributed by atoms with Crippen molar-refractivity contribution in [3.05, 3.63) is 71.8 Å². The number of rotatable bonds is 12. The molecular formula is C28H31N5O7S. The van der Waals surface area contributed by atoms with Gasteiger partial charge in [-0.25, -0.2) is 4.99 Å². The first-order valence-corrected chi connectivity index (χ1v) is 13.8. The number of aliphatic imine (C=N–C) groups is 1. The number of amidine groups is 2. The largest absolute Gasteiger partial charge is 0.497 e. The van der Waals surface area contributed by atoms with Gasteiger partial charge in [-0.2, -0.15) is 13.7 Å². The molecule has 0 aliphatic carbocycles. The van der Waals surface area contributed by atoms with Crippen molar-refractivity contribution in [2.75, 3.05) is 46.0 Å². The van der Waals surface area contributed by atoms with E-state index < -0.39 is 10.0 Å². The van der Waals surface area contributed by atoms with Gasteiger partial charge in [0.25, 0.3) is 10.0 Å². The second-order valence-electron chi connectivity index (χ2n) is 8.35. The highest BCUT2D eigenvalue weighted by atomic mass is 32.2. The number of aliphatic hydroxyl groups is 1. The summed E-state index contributed by atoms with van der Waals surface area (Å²) in [7, 11) is -1.37. The topological polar surface area (TPSA) is 178 Å². The summed E-state index contributed by atoms with van der Waals surface area (Å²) in [5.74, 6) is 0.348. The minimum atomic E-state index is -4.28. The van der Waals surface area contributed by atoms with Crippen LogP contribution >= 0.6 is 0 Å². The number of para-hydroxylation sites is 1. The molecule has 3 aromatic rings. The van der Waals surface area contributed by atoms with Crippen molar-refractivity contribution in [1.29, 1.82) is 5.26 Å². The molecule has 0 unspecified atom stereocenters. The van der Waals surface area contributed by atoms with Crippen molar-refractivity contribution in [1.82, 2.24) is 0 Å². The summed E-state index contributed by atoms with van der Waals surface area (Å²) in [6, 6.07) is 17.6. The average Bonchev–Trinajstić information content (AvgIpc) is 2.97. The molecule has 0 heterocycles. The summed E-state index contributed by atoms with van der Waals surface area (Å²) in [6.07, 6.45) is 0. The van der Waals surface area contributed by atoms with Crippen LogP contribution in [0.5, 0.6) is 17.2 Å². The highest BCUT2D eigenvalue weighted by Crippen LogP contribution is 2.41. The molecule has 216 valence electrons. The molecule has 0 bridgehead atoms. The fourth-order valence-corrected chi connectivity index (χ4v) is 4.43. The van der Waals surface area contributed by atoms with Gasteiger partial charge < -0.3 is 35.1 Å². The molecular weight excluding hydrogens is 550 g/mol. The molecule has 41 heavy (non-hydrogen) atoms. The zero-order valence-corrected chi connectivity index (χ0v) is 23.6. The summed E-state index contributed by atoms with van der Waals surface area (Å²) in [6.45, 7) is 2.14. The second-order valence-corrected chi connectivity index (χ2v) is 9.95. The lowest BCUT2D eigenvalue weighted by molar-refractivity contribution is 0.0700. The van der Waals surface area contributed by atoms with E-state index in [0.717, 1.165) is 5.56 Å². The number of nitrogens with one attached hydrogen (secondary N) is 1. The van der Waals surface area contributed by atoms with Crippen molar-refractivity contribution in [3.63, 3.8) is 0 Å². The molecule has 0 aliphatic rings. The number of hydrogen-bond donors (Lipinski definition) is 3. The van der Waals surface area contributed by atoms with Crippen LogP contribution in [-0.2, 0) is 14.8 Å². The Labute approximate surface area is 238 Å². The van der Waals surface area contributed by atoms with E-state index in [2.05, 4.69) is 14.7 Å². The third-order valence-corrected chi connectivity index (χ3v) is 6.84. The van der Waals surface area contributed by atoms with Crippen LogP contribution in [0, 0.1) is 18.3 Å². The zero-order chi connectivity index (χ0) is 29.8. The number of nitrogens with zero attached hydrogens (tertiary/aromatic N) is 3. The Kier molecular flexibility index (Phi) is 11.0. The predicted molar refractivity (Wildman–Crippen MR) is 155 cm³/mol. The normalized spacial score (nSPS) is 12.0. The number of ether oxygens (including phenoxy) is 4. The number of methoxy groups -OCH3 is 2. The summed E-state index contributed by atoms with van der Waals surface area (Å²) < 4.78 is 52.4. The fraction of sp³-hybridized carbons (Fsp3) is 0.250. The Morgan fingerprint density at radius 1 is 1.05 bits per heavy atom. The van der Waals surface area contributed by atoms with Gasteiger partial charge in [-0.3, -0.25) is 0 Å². The number of sulfonamides is 1. The Balaban J connectivity index is 2.11. The van der Waals surface area contributed by atoms with Gasteiger partial charge in [0.2, 0.25) is 0 Å². The first-order chi connectivity index (χ1) is 19.7. The van der Waals surface area contributed by atoms with Gasteiger partial charge >= 0.3 is 0 Å². The van der Waals surface area contributed by atoms with Crippen molar-refractivity contribution in [3.8, 4) is 23.3 Å². The van der Waals surface area contributed by atoms with Gasteiger partial charge in [0.15, 0.2) is 23.2 Å². The fourth-order valence-electron chi connectivity index (χ4n) is 3.46. The van der Waals surface area contributed by atoms with Crippen molar-refractivity contribution >= 4 is 33.1 Å². The molecule has 3 aromatic carbocycles. The van der Waals surface area contributed by atoms with Crippen molar-refractivity contribution in [2.45, 2.75) is 11.8 Å². The maximum absolute atomic E-state index is 13.3. The Morgan fingerprint density at radius 3 is 2.41 bits per heavy atom. The van der Waals surface area contributed by atoms with E-state index >= 15 is 0 Å². The van der Waals surface area contributed by atoms with Crippen LogP contribution in [0.15, 0.2) is 74.9 Å². The standard InChI is InChI=1S/C28H31N5O7S/c1-19-6-4-5-7-23(19)32-28(33-41(35,36)22-10-8-20(18-29)9-11-22)27(30)31-24-16-21(37-2)17-25(38-3)26(24)40-15-14-39-13-12-34/h4-11,16-17,34H,12-15H2,1-3H3,(H2,30,31)(H,32,33). The molecule has 0 aliphatic heterocycles. The SMILES string of the molecule is COc1cc(N=C(N)C(=NS(=O)(=O)c2ccc(C#N)cc2)Nc2ccccc2C)c(OCCOCCO)c(OC)c1. The molecule has 0 spiro atoms. The lowest BCUT2D eigenvalue weighted by Crippen LogP contribution is -2.31. The monoisotopic (exact) mass is 581 g/mol. The van der Waals surface area contributed by atoms with Crippen LogP contribution in [0.3, 0.4) is 0 Å². The average molecular weight is 582 g/mol. The molecule has 0 fully saturated rings. The highest BCUT2D eigenvalue weighted by Gasteiger charge is 2.20. The maximum Gasteiger partial charge on any atom is 0.284 e. The second kappa shape index (κ2) is 14.7. The number of aliphatic hydroxyl groups excluding tert-OH is 1. The lowest BCUT2D eigenvalue weighted by Gasteiger charge is -2.16. The van der Waals surface area contributed by atoms with Gasteiger partial charge in [-0.1, -0.05) is 18.2 Å². The van der Waals surface area contributed by atoms with E-state index in [-0.39, 0.29) is 60.2 Å². The van der Waals surface area contributed by atoms with Crippen LogP contribution in [0.1, 0.15) is 11.1 Å². The van der Waals surface area contributed by atoms with Crippen LogP contribution in [0.2, 0.25) is 0 Å². The number of nitrogens with two attached hydrogens (primary N) is 1. The van der Waals surface area contributed by atoms with E-state index in [1.165, 1.54) is 38.5 Å². The summed E-state index contributed by atoms with van der Waals surface area (Å²) in [4.78, 5) is 4.31. The number of benzene rings is 3. The van der Waals surface area contributed by atoms with Gasteiger partial charge in [0, 0.05) is 17.8 Å². The Morgan fingerprint density at radius 2 is 1.78 bits per heavy atom. The molecule has 13 heteroatoms. The predicted octanol–water partition coefficient (Wildman–Crippen LogP) is 3.16. The minimum Gasteiger partial charge on any atom is -0.497 e. The quantitative estimate of drug-likeness (QED) is 0.163. The molecule has 0 atom stereocenters. The van der Waals surface area contributed by atoms with Crippen LogP contribution < -0.4 is 25.3 Å². The lowest BCUT2D eigenvalue weighted by atomic mass is 10.2. The molecule has 4 N–H and O–H groups in total. The van der Waals surface area contributed by atoms with E-state index in [0.29, 0.717) is 17.0 Å². The van der Waals surface area contributed by atoms with Gasteiger partial charge in [0.1, 0.15) is 18.0 Å². The van der Waals surface area contributed by atoms with Crippen molar-refractivity contribution < 1.29 is 32.5 Å².